The lowest BCUT2D eigenvalue weighted by Gasteiger charge is -2.46. The van der Waals surface area contributed by atoms with Gasteiger partial charge in [0.1, 0.15) is 5.75 Å². The van der Waals surface area contributed by atoms with E-state index in [2.05, 4.69) is 39.7 Å². The van der Waals surface area contributed by atoms with E-state index in [4.69, 9.17) is 4.74 Å². The first kappa shape index (κ1) is 17.5. The number of fused-ring (bicyclic) bond motifs is 1. The lowest BCUT2D eigenvalue weighted by atomic mass is 9.92. The van der Waals surface area contributed by atoms with Crippen LogP contribution in [0.15, 0.2) is 30.6 Å². The Morgan fingerprint density at radius 1 is 1.27 bits per heavy atom. The second kappa shape index (κ2) is 7.02. The highest BCUT2D eigenvalue weighted by Crippen LogP contribution is 2.36. The van der Waals surface area contributed by atoms with Gasteiger partial charge in [-0.3, -0.25) is 9.80 Å². The zero-order valence-electron chi connectivity index (χ0n) is 15.6. The number of hydrogen-bond acceptors (Lipinski definition) is 5. The quantitative estimate of drug-likeness (QED) is 0.879. The van der Waals surface area contributed by atoms with E-state index in [1.807, 2.05) is 12.1 Å². The molecule has 0 bridgehead atoms. The predicted molar refractivity (Wildman–Crippen MR) is 100 cm³/mol. The monoisotopic (exact) mass is 356 g/mol. The number of nitrogens with one attached hydrogen (secondary N) is 1. The molecular formula is C20H28N4O2. The highest BCUT2D eigenvalue weighted by molar-refractivity contribution is 5.36. The summed E-state index contributed by atoms with van der Waals surface area (Å²) in [5.41, 5.74) is 3.43. The molecule has 0 saturated carbocycles. The third kappa shape index (κ3) is 3.37. The number of phenols is 1. The van der Waals surface area contributed by atoms with Crippen LogP contribution in [0.2, 0.25) is 0 Å². The first-order valence-corrected chi connectivity index (χ1v) is 9.42. The van der Waals surface area contributed by atoms with Gasteiger partial charge in [0, 0.05) is 43.8 Å². The van der Waals surface area contributed by atoms with E-state index in [0.717, 1.165) is 57.1 Å². The van der Waals surface area contributed by atoms with Gasteiger partial charge in [0.15, 0.2) is 0 Å². The maximum atomic E-state index is 10.00. The van der Waals surface area contributed by atoms with Crippen LogP contribution in [0.3, 0.4) is 0 Å². The zero-order valence-corrected chi connectivity index (χ0v) is 15.6. The lowest BCUT2D eigenvalue weighted by Crippen LogP contribution is -2.56. The number of H-pyrrole nitrogens is 1. The average molecular weight is 356 g/mol. The number of imidazole rings is 1. The van der Waals surface area contributed by atoms with Crippen LogP contribution >= 0.6 is 0 Å². The largest absolute Gasteiger partial charge is 0.508 e. The molecule has 2 aliphatic rings. The zero-order chi connectivity index (χ0) is 18.1. The van der Waals surface area contributed by atoms with E-state index < -0.39 is 0 Å². The Bertz CT molecular complexity index is 752. The summed E-state index contributed by atoms with van der Waals surface area (Å²) < 4.78 is 5.53. The Balaban J connectivity index is 1.63. The first-order valence-electron chi connectivity index (χ1n) is 9.42. The van der Waals surface area contributed by atoms with Gasteiger partial charge >= 0.3 is 0 Å². The van der Waals surface area contributed by atoms with Crippen LogP contribution in [-0.2, 0) is 11.2 Å². The summed E-state index contributed by atoms with van der Waals surface area (Å²) in [6.07, 6.45) is 2.76. The summed E-state index contributed by atoms with van der Waals surface area (Å²) in [6, 6.07) is 7.65. The number of aromatic hydroxyl groups is 1. The molecule has 1 aromatic carbocycles. The smallest absolute Gasteiger partial charge is 0.115 e. The Labute approximate surface area is 154 Å². The molecule has 1 aromatic heterocycles. The topological polar surface area (TPSA) is 64.6 Å². The van der Waals surface area contributed by atoms with Crippen molar-refractivity contribution < 1.29 is 9.84 Å². The third-order valence-electron chi connectivity index (χ3n) is 5.67. The second-order valence-corrected chi connectivity index (χ2v) is 7.90. The van der Waals surface area contributed by atoms with Crippen molar-refractivity contribution >= 4 is 0 Å². The second-order valence-electron chi connectivity index (χ2n) is 7.90. The molecule has 3 heterocycles. The van der Waals surface area contributed by atoms with Crippen LogP contribution in [0.25, 0.3) is 0 Å². The maximum absolute atomic E-state index is 10.00. The molecule has 6 heteroatoms. The van der Waals surface area contributed by atoms with Crippen molar-refractivity contribution in [1.29, 1.82) is 0 Å². The van der Waals surface area contributed by atoms with E-state index in [0.29, 0.717) is 5.75 Å². The molecule has 1 atom stereocenters. The average Bonchev–Trinajstić information content (AvgIpc) is 3.10. The summed E-state index contributed by atoms with van der Waals surface area (Å²) in [5, 5.41) is 10.00. The van der Waals surface area contributed by atoms with Crippen LogP contribution in [0.1, 0.15) is 36.8 Å². The Morgan fingerprint density at radius 2 is 2.08 bits per heavy atom. The molecule has 0 spiro atoms. The fraction of sp³-hybridized carbons (Fsp3) is 0.550. The minimum Gasteiger partial charge on any atom is -0.508 e. The van der Waals surface area contributed by atoms with Gasteiger partial charge < -0.3 is 14.8 Å². The standard InChI is InChI=1S/C20H28N4O2/c1-20(2,24-8-10-26-11-9-24)13-23-7-6-17-18(22-14-21-17)19(23)15-4-3-5-16(25)12-15/h3-5,12,14,19,25H,6-11,13H2,1-2H3,(H,21,22). The van der Waals surface area contributed by atoms with Crippen LogP contribution in [-0.4, -0.2) is 69.8 Å². The summed E-state index contributed by atoms with van der Waals surface area (Å²) >= 11 is 0. The molecule has 2 N–H and O–H groups in total. The van der Waals surface area contributed by atoms with Gasteiger partial charge in [-0.25, -0.2) is 4.98 Å². The molecular weight excluding hydrogens is 328 g/mol. The van der Waals surface area contributed by atoms with Gasteiger partial charge in [-0.15, -0.1) is 0 Å². The molecule has 0 aliphatic carbocycles. The number of aromatic amines is 1. The molecule has 1 saturated heterocycles. The molecule has 2 aromatic rings. The maximum Gasteiger partial charge on any atom is 0.115 e. The van der Waals surface area contributed by atoms with Crippen molar-refractivity contribution in [2.24, 2.45) is 0 Å². The van der Waals surface area contributed by atoms with E-state index in [9.17, 15) is 5.11 Å². The number of rotatable bonds is 4. The van der Waals surface area contributed by atoms with Crippen molar-refractivity contribution in [1.82, 2.24) is 19.8 Å². The van der Waals surface area contributed by atoms with Crippen molar-refractivity contribution in [2.75, 3.05) is 39.4 Å². The molecule has 4 rings (SSSR count). The Morgan fingerprint density at radius 3 is 2.85 bits per heavy atom. The van der Waals surface area contributed by atoms with E-state index in [1.54, 1.807) is 12.4 Å². The first-order chi connectivity index (χ1) is 12.5. The number of phenolic OH excluding ortho intramolecular Hbond substituents is 1. The fourth-order valence-corrected chi connectivity index (χ4v) is 4.32. The molecule has 0 radical (unpaired) electrons. The van der Waals surface area contributed by atoms with E-state index in [1.165, 1.54) is 5.69 Å². The number of nitrogens with zero attached hydrogens (tertiary/aromatic N) is 3. The van der Waals surface area contributed by atoms with Gasteiger partial charge in [0.05, 0.1) is 31.3 Å². The van der Waals surface area contributed by atoms with Crippen molar-refractivity contribution in [3.8, 4) is 5.75 Å². The van der Waals surface area contributed by atoms with E-state index in [-0.39, 0.29) is 11.6 Å². The van der Waals surface area contributed by atoms with Crippen LogP contribution in [0.5, 0.6) is 5.75 Å². The SMILES string of the molecule is CC(C)(CN1CCc2[nH]cnc2C1c1cccc(O)c1)N1CCOCC1. The van der Waals surface area contributed by atoms with Crippen LogP contribution in [0, 0.1) is 0 Å². The molecule has 140 valence electrons. The van der Waals surface area contributed by atoms with Gasteiger partial charge in [-0.1, -0.05) is 12.1 Å². The molecule has 6 nitrogen and oxygen atoms in total. The minimum atomic E-state index is 0.0483. The normalized spacial score (nSPS) is 22.3. The Hall–Kier alpha value is -1.89. The highest BCUT2D eigenvalue weighted by Gasteiger charge is 2.37. The number of morpholine rings is 1. The van der Waals surface area contributed by atoms with Crippen LogP contribution < -0.4 is 0 Å². The van der Waals surface area contributed by atoms with E-state index >= 15 is 0 Å². The number of ether oxygens (including phenoxy) is 1. The summed E-state index contributed by atoms with van der Waals surface area (Å²) in [7, 11) is 0. The van der Waals surface area contributed by atoms with Crippen molar-refractivity contribution in [3.05, 3.63) is 47.5 Å². The van der Waals surface area contributed by atoms with Crippen molar-refractivity contribution in [3.63, 3.8) is 0 Å². The van der Waals surface area contributed by atoms with Gasteiger partial charge in [-0.2, -0.15) is 0 Å². The number of aromatic nitrogens is 2. The molecule has 0 amide bonds. The van der Waals surface area contributed by atoms with Crippen molar-refractivity contribution in [2.45, 2.75) is 31.8 Å². The van der Waals surface area contributed by atoms with Gasteiger partial charge in [0.2, 0.25) is 0 Å². The molecule has 2 aliphatic heterocycles. The number of benzene rings is 1. The minimum absolute atomic E-state index is 0.0483. The highest BCUT2D eigenvalue weighted by atomic mass is 16.5. The van der Waals surface area contributed by atoms with Gasteiger partial charge in [-0.05, 0) is 31.5 Å². The number of hydrogen-bond donors (Lipinski definition) is 2. The van der Waals surface area contributed by atoms with Crippen LogP contribution in [0.4, 0.5) is 0 Å². The molecule has 1 fully saturated rings. The Kier molecular flexibility index (Phi) is 4.73. The third-order valence-corrected chi connectivity index (χ3v) is 5.67. The fourth-order valence-electron chi connectivity index (χ4n) is 4.32. The lowest BCUT2D eigenvalue weighted by molar-refractivity contribution is -0.0256. The summed E-state index contributed by atoms with van der Waals surface area (Å²) in [6.45, 7) is 10.1. The summed E-state index contributed by atoms with van der Waals surface area (Å²) in [5.74, 6) is 0.303. The van der Waals surface area contributed by atoms with Gasteiger partial charge in [0.25, 0.3) is 0 Å². The summed E-state index contributed by atoms with van der Waals surface area (Å²) in [4.78, 5) is 12.9. The predicted octanol–water partition coefficient (Wildman–Crippen LogP) is 2.17. The molecule has 26 heavy (non-hydrogen) atoms. The molecule has 1 unspecified atom stereocenters.